The SMILES string of the molecule is CCCC(CC)OC(=O)CCCCc1nc2cc(C(=O)N(C)OC)ccc2c(=O)n1-c1ccc(C(F)(F)F)cc1. The topological polar surface area (TPSA) is 90.7 Å². The number of hydrogen-bond acceptors (Lipinski definition) is 6. The molecule has 0 aliphatic carbocycles. The Morgan fingerprint density at radius 2 is 1.77 bits per heavy atom. The van der Waals surface area contributed by atoms with Gasteiger partial charge in [-0.15, -0.1) is 0 Å². The summed E-state index contributed by atoms with van der Waals surface area (Å²) in [7, 11) is 2.80. The molecule has 1 amide bonds. The van der Waals surface area contributed by atoms with Gasteiger partial charge in [0.2, 0.25) is 0 Å². The van der Waals surface area contributed by atoms with E-state index in [-0.39, 0.29) is 47.1 Å². The van der Waals surface area contributed by atoms with Crippen LogP contribution in [0.3, 0.4) is 0 Å². The molecule has 3 rings (SSSR count). The van der Waals surface area contributed by atoms with Crippen molar-refractivity contribution in [1.29, 1.82) is 0 Å². The summed E-state index contributed by atoms with van der Waals surface area (Å²) in [6.45, 7) is 3.99. The first-order valence-corrected chi connectivity index (χ1v) is 13.2. The fourth-order valence-corrected chi connectivity index (χ4v) is 4.33. The van der Waals surface area contributed by atoms with E-state index in [1.807, 2.05) is 13.8 Å². The molecule has 0 fully saturated rings. The first-order valence-electron chi connectivity index (χ1n) is 13.2. The van der Waals surface area contributed by atoms with Gasteiger partial charge in [0.25, 0.3) is 11.5 Å². The van der Waals surface area contributed by atoms with E-state index in [4.69, 9.17) is 9.57 Å². The number of hydrogen-bond donors (Lipinski definition) is 0. The highest BCUT2D eigenvalue weighted by Gasteiger charge is 2.30. The molecule has 11 heteroatoms. The summed E-state index contributed by atoms with van der Waals surface area (Å²) in [6, 6.07) is 8.68. The minimum atomic E-state index is -4.52. The van der Waals surface area contributed by atoms with Crippen molar-refractivity contribution in [3.63, 3.8) is 0 Å². The molecule has 0 aliphatic heterocycles. The molecular weight excluding hydrogens is 527 g/mol. The molecule has 0 saturated heterocycles. The average molecular weight is 562 g/mol. The quantitative estimate of drug-likeness (QED) is 0.156. The Kier molecular flexibility index (Phi) is 10.4. The van der Waals surface area contributed by atoms with Gasteiger partial charge in [0.15, 0.2) is 0 Å². The molecule has 0 N–H and O–H groups in total. The number of carbonyl (C=O) groups is 2. The largest absolute Gasteiger partial charge is 0.462 e. The number of esters is 1. The third-order valence-corrected chi connectivity index (χ3v) is 6.59. The van der Waals surface area contributed by atoms with Crippen molar-refractivity contribution >= 4 is 22.8 Å². The van der Waals surface area contributed by atoms with Crippen LogP contribution in [0.5, 0.6) is 0 Å². The molecule has 0 saturated carbocycles. The first-order chi connectivity index (χ1) is 19.0. The lowest BCUT2D eigenvalue weighted by Gasteiger charge is -2.17. The number of carbonyl (C=O) groups excluding carboxylic acids is 2. The van der Waals surface area contributed by atoms with Crippen LogP contribution in [0, 0.1) is 0 Å². The summed E-state index contributed by atoms with van der Waals surface area (Å²) in [6.07, 6.45) is -0.772. The number of amides is 1. The van der Waals surface area contributed by atoms with Crippen LogP contribution in [0.15, 0.2) is 47.3 Å². The lowest BCUT2D eigenvalue weighted by molar-refractivity contribution is -0.149. The van der Waals surface area contributed by atoms with Crippen molar-refractivity contribution in [1.82, 2.24) is 14.6 Å². The van der Waals surface area contributed by atoms with Crippen LogP contribution >= 0.6 is 0 Å². The Morgan fingerprint density at radius 3 is 2.38 bits per heavy atom. The Bertz CT molecular complexity index is 1390. The number of hydroxylamine groups is 2. The lowest BCUT2D eigenvalue weighted by atomic mass is 10.1. The fourth-order valence-electron chi connectivity index (χ4n) is 4.33. The number of halogens is 3. The van der Waals surface area contributed by atoms with Gasteiger partial charge >= 0.3 is 12.1 Å². The van der Waals surface area contributed by atoms with Crippen molar-refractivity contribution in [2.75, 3.05) is 14.2 Å². The molecule has 0 bridgehead atoms. The highest BCUT2D eigenvalue weighted by atomic mass is 19.4. The Balaban J connectivity index is 1.94. The molecule has 2 aromatic carbocycles. The second kappa shape index (κ2) is 13.6. The zero-order valence-electron chi connectivity index (χ0n) is 23.1. The minimum Gasteiger partial charge on any atom is -0.462 e. The number of rotatable bonds is 12. The Hall–Kier alpha value is -3.73. The first kappa shape index (κ1) is 30.8. The molecule has 0 aliphatic rings. The number of fused-ring (bicyclic) bond motifs is 1. The molecule has 1 aromatic heterocycles. The summed E-state index contributed by atoms with van der Waals surface area (Å²) >= 11 is 0. The summed E-state index contributed by atoms with van der Waals surface area (Å²) in [5.74, 6) is -0.434. The van der Waals surface area contributed by atoms with Crippen LogP contribution in [0.1, 0.15) is 74.1 Å². The van der Waals surface area contributed by atoms with Gasteiger partial charge in [-0.05, 0) is 68.1 Å². The number of ether oxygens (including phenoxy) is 1. The Labute approximate surface area is 230 Å². The molecule has 216 valence electrons. The second-order valence-electron chi connectivity index (χ2n) is 9.45. The predicted octanol–water partition coefficient (Wildman–Crippen LogP) is 5.87. The second-order valence-corrected chi connectivity index (χ2v) is 9.45. The van der Waals surface area contributed by atoms with Gasteiger partial charge < -0.3 is 4.74 Å². The maximum atomic E-state index is 13.6. The smallest absolute Gasteiger partial charge is 0.416 e. The van der Waals surface area contributed by atoms with E-state index in [9.17, 15) is 27.6 Å². The third-order valence-electron chi connectivity index (χ3n) is 6.59. The molecule has 1 unspecified atom stereocenters. The Morgan fingerprint density at radius 1 is 1.07 bits per heavy atom. The maximum Gasteiger partial charge on any atom is 0.416 e. The summed E-state index contributed by atoms with van der Waals surface area (Å²) in [4.78, 5) is 48.0. The minimum absolute atomic E-state index is 0.112. The number of unbranched alkanes of at least 4 members (excludes halogenated alkanes) is 1. The van der Waals surface area contributed by atoms with Crippen molar-refractivity contribution in [3.05, 3.63) is 69.8 Å². The molecule has 40 heavy (non-hydrogen) atoms. The third kappa shape index (κ3) is 7.47. The molecular formula is C29H34F3N3O5. The normalized spacial score (nSPS) is 12.4. The van der Waals surface area contributed by atoms with E-state index < -0.39 is 23.2 Å². The van der Waals surface area contributed by atoms with Gasteiger partial charge in [-0.25, -0.2) is 10.0 Å². The van der Waals surface area contributed by atoms with Gasteiger partial charge in [-0.1, -0.05) is 20.3 Å². The summed E-state index contributed by atoms with van der Waals surface area (Å²) in [5, 5.41) is 1.24. The van der Waals surface area contributed by atoms with Crippen LogP contribution in [0.4, 0.5) is 13.2 Å². The summed E-state index contributed by atoms with van der Waals surface area (Å²) in [5.41, 5.74) is -0.572. The van der Waals surface area contributed by atoms with Crippen molar-refractivity contribution < 1.29 is 32.3 Å². The lowest BCUT2D eigenvalue weighted by Crippen LogP contribution is -2.26. The van der Waals surface area contributed by atoms with Crippen LogP contribution < -0.4 is 5.56 Å². The van der Waals surface area contributed by atoms with Crippen molar-refractivity contribution in [2.24, 2.45) is 0 Å². The van der Waals surface area contributed by atoms with Crippen LogP contribution in [0.2, 0.25) is 0 Å². The zero-order chi connectivity index (χ0) is 29.4. The highest BCUT2D eigenvalue weighted by molar-refractivity contribution is 5.97. The number of nitrogens with zero attached hydrogens (tertiary/aromatic N) is 3. The van der Waals surface area contributed by atoms with Gasteiger partial charge in [-0.3, -0.25) is 23.8 Å². The zero-order valence-corrected chi connectivity index (χ0v) is 23.1. The predicted molar refractivity (Wildman–Crippen MR) is 144 cm³/mol. The number of aryl methyl sites for hydroxylation is 1. The maximum absolute atomic E-state index is 13.6. The van der Waals surface area contributed by atoms with Crippen LogP contribution in [-0.4, -0.2) is 46.8 Å². The molecule has 0 radical (unpaired) electrons. The van der Waals surface area contributed by atoms with Crippen LogP contribution in [-0.2, 0) is 27.0 Å². The van der Waals surface area contributed by atoms with E-state index in [0.717, 1.165) is 36.5 Å². The molecule has 1 atom stereocenters. The highest BCUT2D eigenvalue weighted by Crippen LogP contribution is 2.30. The monoisotopic (exact) mass is 561 g/mol. The van der Waals surface area contributed by atoms with E-state index in [1.54, 1.807) is 0 Å². The van der Waals surface area contributed by atoms with Gasteiger partial charge in [0.1, 0.15) is 11.9 Å². The van der Waals surface area contributed by atoms with E-state index in [0.29, 0.717) is 18.7 Å². The molecule has 0 spiro atoms. The fraction of sp³-hybridized carbons (Fsp3) is 0.448. The summed E-state index contributed by atoms with van der Waals surface area (Å²) < 4.78 is 46.2. The van der Waals surface area contributed by atoms with Gasteiger partial charge in [-0.2, -0.15) is 13.2 Å². The van der Waals surface area contributed by atoms with E-state index in [1.165, 1.54) is 49.1 Å². The van der Waals surface area contributed by atoms with E-state index in [2.05, 4.69) is 4.98 Å². The number of benzene rings is 2. The van der Waals surface area contributed by atoms with Gasteiger partial charge in [0.05, 0.1) is 29.3 Å². The standard InChI is InChI=1S/C29H34F3N3O5/c1-5-9-22(6-2)40-26(36)11-8-7-10-25-33-24-18-19(27(37)34(3)39-4)12-17-23(24)28(38)35(25)21-15-13-20(14-16-21)29(30,31)32/h12-18,22H,5-11H2,1-4H3. The average Bonchev–Trinajstić information content (AvgIpc) is 2.93. The van der Waals surface area contributed by atoms with Crippen molar-refractivity contribution in [2.45, 2.75) is 71.1 Å². The molecule has 3 aromatic rings. The number of alkyl halides is 3. The van der Waals surface area contributed by atoms with Gasteiger partial charge in [0, 0.05) is 25.5 Å². The number of aromatic nitrogens is 2. The molecule has 1 heterocycles. The van der Waals surface area contributed by atoms with E-state index >= 15 is 0 Å². The van der Waals surface area contributed by atoms with Crippen LogP contribution in [0.25, 0.3) is 16.6 Å². The molecule has 8 nitrogen and oxygen atoms in total. The van der Waals surface area contributed by atoms with Crippen molar-refractivity contribution in [3.8, 4) is 5.69 Å².